The van der Waals surface area contributed by atoms with Crippen molar-refractivity contribution in [3.63, 3.8) is 0 Å². The first kappa shape index (κ1) is 9.62. The van der Waals surface area contributed by atoms with Gasteiger partial charge in [0.05, 0.1) is 12.3 Å². The number of aromatic nitrogens is 1. The Bertz CT molecular complexity index is 278. The summed E-state index contributed by atoms with van der Waals surface area (Å²) in [5.74, 6) is 0.601. The van der Waals surface area contributed by atoms with Crippen LogP contribution in [0.5, 0.6) is 0 Å². The van der Waals surface area contributed by atoms with Crippen molar-refractivity contribution >= 4 is 0 Å². The summed E-state index contributed by atoms with van der Waals surface area (Å²) in [6.45, 7) is 2.22. The van der Waals surface area contributed by atoms with Gasteiger partial charge in [-0.25, -0.2) is 0 Å². The highest BCUT2D eigenvalue weighted by Crippen LogP contribution is 2.22. The number of piperidine rings is 1. The molecular formula is C11H16N2O. The molecule has 1 fully saturated rings. The Balaban J connectivity index is 2.07. The number of pyridine rings is 1. The molecule has 3 heteroatoms. The number of hydrogen-bond acceptors (Lipinski definition) is 3. The zero-order valence-corrected chi connectivity index (χ0v) is 8.24. The number of rotatable bonds is 2. The second kappa shape index (κ2) is 4.53. The van der Waals surface area contributed by atoms with Gasteiger partial charge in [-0.1, -0.05) is 6.07 Å². The van der Waals surface area contributed by atoms with Crippen molar-refractivity contribution in [2.24, 2.45) is 0 Å². The molecule has 0 aliphatic carbocycles. The van der Waals surface area contributed by atoms with Crippen molar-refractivity contribution in [1.29, 1.82) is 0 Å². The van der Waals surface area contributed by atoms with Crippen molar-refractivity contribution in [2.45, 2.75) is 25.4 Å². The van der Waals surface area contributed by atoms with Gasteiger partial charge in [-0.2, -0.15) is 0 Å². The molecule has 1 atom stereocenters. The van der Waals surface area contributed by atoms with Gasteiger partial charge in [0.25, 0.3) is 0 Å². The van der Waals surface area contributed by atoms with Crippen LogP contribution in [0.3, 0.4) is 0 Å². The molecule has 1 aliphatic rings. The van der Waals surface area contributed by atoms with Crippen molar-refractivity contribution in [2.75, 3.05) is 13.1 Å². The van der Waals surface area contributed by atoms with Crippen LogP contribution in [0, 0.1) is 0 Å². The molecule has 2 heterocycles. The number of aliphatic hydroxyl groups excluding tert-OH is 1. The summed E-state index contributed by atoms with van der Waals surface area (Å²) in [6, 6.07) is 3.99. The van der Waals surface area contributed by atoms with E-state index in [9.17, 15) is 0 Å². The van der Waals surface area contributed by atoms with E-state index in [2.05, 4.69) is 16.4 Å². The second-order valence-corrected chi connectivity index (χ2v) is 3.78. The van der Waals surface area contributed by atoms with Gasteiger partial charge < -0.3 is 10.4 Å². The van der Waals surface area contributed by atoms with Crippen LogP contribution < -0.4 is 5.32 Å². The number of hydrogen-bond donors (Lipinski definition) is 2. The predicted octanol–water partition coefficient (Wildman–Crippen LogP) is 1.04. The number of nitrogens with zero attached hydrogens (tertiary/aromatic N) is 1. The van der Waals surface area contributed by atoms with E-state index < -0.39 is 0 Å². The maximum absolute atomic E-state index is 8.86. The van der Waals surface area contributed by atoms with Crippen LogP contribution in [0.25, 0.3) is 0 Å². The fourth-order valence-electron chi connectivity index (χ4n) is 1.91. The lowest BCUT2D eigenvalue weighted by Gasteiger charge is -2.22. The molecule has 14 heavy (non-hydrogen) atoms. The SMILES string of the molecule is OCc1ccc(C2CCCNC2)cn1. The molecule has 0 aromatic carbocycles. The molecule has 0 spiro atoms. The van der Waals surface area contributed by atoms with Crippen molar-refractivity contribution in [3.8, 4) is 0 Å². The van der Waals surface area contributed by atoms with Gasteiger partial charge >= 0.3 is 0 Å². The van der Waals surface area contributed by atoms with Gasteiger partial charge in [0, 0.05) is 12.7 Å². The summed E-state index contributed by atoms with van der Waals surface area (Å²) < 4.78 is 0. The Labute approximate surface area is 84.2 Å². The summed E-state index contributed by atoms with van der Waals surface area (Å²) in [7, 11) is 0. The first-order valence-electron chi connectivity index (χ1n) is 5.16. The van der Waals surface area contributed by atoms with Crippen LogP contribution in [0.1, 0.15) is 30.0 Å². The molecule has 3 nitrogen and oxygen atoms in total. The normalized spacial score (nSPS) is 22.2. The van der Waals surface area contributed by atoms with Crippen molar-refractivity contribution in [1.82, 2.24) is 10.3 Å². The van der Waals surface area contributed by atoms with E-state index in [1.54, 1.807) is 0 Å². The van der Waals surface area contributed by atoms with Crippen LogP contribution in [0.2, 0.25) is 0 Å². The molecule has 1 aromatic rings. The zero-order chi connectivity index (χ0) is 9.80. The molecule has 1 unspecified atom stereocenters. The van der Waals surface area contributed by atoms with Gasteiger partial charge in [-0.05, 0) is 36.9 Å². The monoisotopic (exact) mass is 192 g/mol. The summed E-state index contributed by atoms with van der Waals surface area (Å²) in [4.78, 5) is 4.19. The molecular weight excluding hydrogens is 176 g/mol. The molecule has 1 aromatic heterocycles. The first-order valence-corrected chi connectivity index (χ1v) is 5.16. The van der Waals surface area contributed by atoms with Gasteiger partial charge in [0.1, 0.15) is 0 Å². The third-order valence-electron chi connectivity index (χ3n) is 2.78. The standard InChI is InChI=1S/C11H16N2O/c14-8-11-4-3-10(7-13-11)9-2-1-5-12-6-9/h3-4,7,9,12,14H,1-2,5-6,8H2. The van der Waals surface area contributed by atoms with Crippen LogP contribution in [0.4, 0.5) is 0 Å². The summed E-state index contributed by atoms with van der Waals surface area (Å²) >= 11 is 0. The Morgan fingerprint density at radius 2 is 2.43 bits per heavy atom. The lowest BCUT2D eigenvalue weighted by Crippen LogP contribution is -2.28. The minimum atomic E-state index is 0.0309. The Hall–Kier alpha value is -0.930. The molecule has 0 saturated carbocycles. The van der Waals surface area contributed by atoms with Crippen molar-refractivity contribution in [3.05, 3.63) is 29.6 Å². The van der Waals surface area contributed by atoms with Gasteiger partial charge in [0.15, 0.2) is 0 Å². The van der Waals surface area contributed by atoms with Crippen LogP contribution in [-0.4, -0.2) is 23.2 Å². The molecule has 2 rings (SSSR count). The lowest BCUT2D eigenvalue weighted by atomic mass is 9.93. The molecule has 2 N–H and O–H groups in total. The fourth-order valence-corrected chi connectivity index (χ4v) is 1.91. The minimum absolute atomic E-state index is 0.0309. The van der Waals surface area contributed by atoms with E-state index in [0.29, 0.717) is 5.92 Å². The largest absolute Gasteiger partial charge is 0.390 e. The maximum atomic E-state index is 8.86. The third kappa shape index (κ3) is 2.11. The van der Waals surface area contributed by atoms with E-state index >= 15 is 0 Å². The minimum Gasteiger partial charge on any atom is -0.390 e. The van der Waals surface area contributed by atoms with Crippen LogP contribution in [0.15, 0.2) is 18.3 Å². The molecule has 1 saturated heterocycles. The van der Waals surface area contributed by atoms with Gasteiger partial charge in [0.2, 0.25) is 0 Å². The molecule has 1 aliphatic heterocycles. The van der Waals surface area contributed by atoms with E-state index in [4.69, 9.17) is 5.11 Å². The molecule has 0 bridgehead atoms. The Kier molecular flexibility index (Phi) is 3.11. The smallest absolute Gasteiger partial charge is 0.0852 e. The quantitative estimate of drug-likeness (QED) is 0.736. The van der Waals surface area contributed by atoms with E-state index in [1.165, 1.54) is 18.4 Å². The highest BCUT2D eigenvalue weighted by Gasteiger charge is 2.14. The average molecular weight is 192 g/mol. The fraction of sp³-hybridized carbons (Fsp3) is 0.545. The second-order valence-electron chi connectivity index (χ2n) is 3.78. The van der Waals surface area contributed by atoms with Gasteiger partial charge in [-0.3, -0.25) is 4.98 Å². The van der Waals surface area contributed by atoms with Gasteiger partial charge in [-0.15, -0.1) is 0 Å². The first-order chi connectivity index (χ1) is 6.90. The summed E-state index contributed by atoms with van der Waals surface area (Å²) in [5.41, 5.74) is 2.03. The van der Waals surface area contributed by atoms with Crippen LogP contribution >= 0.6 is 0 Å². The predicted molar refractivity (Wildman–Crippen MR) is 55.0 cm³/mol. The maximum Gasteiger partial charge on any atom is 0.0852 e. The molecule has 0 amide bonds. The van der Waals surface area contributed by atoms with Crippen LogP contribution in [-0.2, 0) is 6.61 Å². The Morgan fingerprint density at radius 1 is 1.50 bits per heavy atom. The zero-order valence-electron chi connectivity index (χ0n) is 8.24. The number of nitrogens with one attached hydrogen (secondary N) is 1. The molecule has 76 valence electrons. The summed E-state index contributed by atoms with van der Waals surface area (Å²) in [5, 5.41) is 12.2. The number of aliphatic hydroxyl groups is 1. The highest BCUT2D eigenvalue weighted by atomic mass is 16.3. The lowest BCUT2D eigenvalue weighted by molar-refractivity contribution is 0.276. The third-order valence-corrected chi connectivity index (χ3v) is 2.78. The van der Waals surface area contributed by atoms with E-state index in [0.717, 1.165) is 18.8 Å². The summed E-state index contributed by atoms with van der Waals surface area (Å²) in [6.07, 6.45) is 4.38. The highest BCUT2D eigenvalue weighted by molar-refractivity contribution is 5.19. The van der Waals surface area contributed by atoms with Crippen molar-refractivity contribution < 1.29 is 5.11 Å². The van der Waals surface area contributed by atoms with E-state index in [1.807, 2.05) is 12.3 Å². The van der Waals surface area contributed by atoms with E-state index in [-0.39, 0.29) is 6.61 Å². The molecule has 0 radical (unpaired) electrons. The Morgan fingerprint density at radius 3 is 3.00 bits per heavy atom. The average Bonchev–Trinajstić information content (AvgIpc) is 2.30. The topological polar surface area (TPSA) is 45.1 Å².